The fourth-order valence-electron chi connectivity index (χ4n) is 2.15. The van der Waals surface area contributed by atoms with E-state index < -0.39 is 0 Å². The second-order valence-electron chi connectivity index (χ2n) is 3.93. The van der Waals surface area contributed by atoms with Crippen molar-refractivity contribution in [3.63, 3.8) is 0 Å². The first kappa shape index (κ1) is 9.07. The van der Waals surface area contributed by atoms with Crippen molar-refractivity contribution in [1.82, 2.24) is 9.38 Å². The van der Waals surface area contributed by atoms with Crippen molar-refractivity contribution in [3.05, 3.63) is 47.5 Å². The van der Waals surface area contributed by atoms with Crippen molar-refractivity contribution in [2.24, 2.45) is 0 Å². The Labute approximate surface area is 101 Å². The average Bonchev–Trinajstić information content (AvgIpc) is 2.84. The maximum Gasteiger partial charge on any atom is 0.307 e. The number of hydrogen-bond acceptors (Lipinski definition) is 2. The monoisotopic (exact) mass is 242 g/mol. The molecule has 0 unspecified atom stereocenters. The van der Waals surface area contributed by atoms with Gasteiger partial charge in [-0.15, -0.1) is 0 Å². The lowest BCUT2D eigenvalue weighted by atomic mass is 10.3. The Morgan fingerprint density at radius 2 is 1.94 bits per heavy atom. The van der Waals surface area contributed by atoms with Gasteiger partial charge in [0.1, 0.15) is 0 Å². The number of imidazole rings is 1. The fraction of sp³-hybridized carbons (Fsp3) is 0. The first-order valence-electron chi connectivity index (χ1n) is 5.28. The first-order chi connectivity index (χ1) is 8.33. The molecule has 0 radical (unpaired) electrons. The number of fused-ring (bicyclic) bond motifs is 5. The molecule has 3 nitrogen and oxygen atoms in total. The molecular formula is C13H7ClN2O. The third-order valence-electron chi connectivity index (χ3n) is 2.89. The predicted molar refractivity (Wildman–Crippen MR) is 67.5 cm³/mol. The summed E-state index contributed by atoms with van der Waals surface area (Å²) in [6, 6.07) is 13.5. The highest BCUT2D eigenvalue weighted by Gasteiger charge is 2.12. The van der Waals surface area contributed by atoms with Crippen molar-refractivity contribution in [2.45, 2.75) is 0 Å². The van der Waals surface area contributed by atoms with Crippen LogP contribution in [0.25, 0.3) is 28.0 Å². The number of rotatable bonds is 0. The largest absolute Gasteiger partial charge is 0.423 e. The molecule has 0 fully saturated rings. The minimum absolute atomic E-state index is 0.600. The van der Waals surface area contributed by atoms with Gasteiger partial charge in [0.05, 0.1) is 16.6 Å². The summed E-state index contributed by atoms with van der Waals surface area (Å²) in [4.78, 5) is 4.43. The second kappa shape index (κ2) is 3.02. The van der Waals surface area contributed by atoms with E-state index in [1.54, 1.807) is 0 Å². The van der Waals surface area contributed by atoms with Crippen LogP contribution in [-0.2, 0) is 0 Å². The fourth-order valence-corrected chi connectivity index (χ4v) is 2.32. The Morgan fingerprint density at radius 3 is 2.88 bits per heavy atom. The van der Waals surface area contributed by atoms with E-state index in [0.717, 1.165) is 22.1 Å². The van der Waals surface area contributed by atoms with Crippen molar-refractivity contribution in [2.75, 3.05) is 0 Å². The number of benzene rings is 2. The van der Waals surface area contributed by atoms with Gasteiger partial charge in [-0.05, 0) is 30.3 Å². The minimum atomic E-state index is 0.600. The third kappa shape index (κ3) is 1.14. The van der Waals surface area contributed by atoms with Crippen LogP contribution in [0.1, 0.15) is 0 Å². The lowest BCUT2D eigenvalue weighted by molar-refractivity contribution is 0.643. The number of para-hydroxylation sites is 2. The summed E-state index contributed by atoms with van der Waals surface area (Å²) in [5.41, 5.74) is 3.69. The molecule has 0 bridgehead atoms. The topological polar surface area (TPSA) is 30.4 Å². The maximum atomic E-state index is 6.02. The second-order valence-corrected chi connectivity index (χ2v) is 4.37. The van der Waals surface area contributed by atoms with Gasteiger partial charge >= 0.3 is 5.84 Å². The number of aromatic nitrogens is 2. The molecular weight excluding hydrogens is 236 g/mol. The van der Waals surface area contributed by atoms with Crippen LogP contribution in [0, 0.1) is 0 Å². The molecule has 0 atom stereocenters. The standard InChI is InChI=1S/C13H7ClN2O/c14-8-5-6-9-11(7-8)16-10-3-1-2-4-12(10)17-13(16)15-9/h1-7H. The van der Waals surface area contributed by atoms with E-state index in [2.05, 4.69) is 4.98 Å². The molecule has 4 aromatic rings. The van der Waals surface area contributed by atoms with Crippen molar-refractivity contribution in [1.29, 1.82) is 0 Å². The quantitative estimate of drug-likeness (QED) is 0.468. The molecule has 4 rings (SSSR count). The normalized spacial score (nSPS) is 11.8. The van der Waals surface area contributed by atoms with Crippen LogP contribution >= 0.6 is 11.6 Å². The molecule has 4 heteroatoms. The molecule has 0 aliphatic carbocycles. The summed E-state index contributed by atoms with van der Waals surface area (Å²) in [6.07, 6.45) is 0. The summed E-state index contributed by atoms with van der Waals surface area (Å²) in [6.45, 7) is 0. The molecule has 17 heavy (non-hydrogen) atoms. The number of oxazole rings is 1. The Kier molecular flexibility index (Phi) is 1.61. The van der Waals surface area contributed by atoms with Crippen LogP contribution in [0.2, 0.25) is 5.02 Å². The summed E-state index contributed by atoms with van der Waals surface area (Å²) < 4.78 is 7.67. The van der Waals surface area contributed by atoms with Crippen LogP contribution < -0.4 is 0 Å². The van der Waals surface area contributed by atoms with E-state index >= 15 is 0 Å². The molecule has 82 valence electrons. The van der Waals surface area contributed by atoms with Crippen molar-refractivity contribution in [3.8, 4) is 0 Å². The summed E-state index contributed by atoms with van der Waals surface area (Å²) in [5.74, 6) is 0.600. The zero-order valence-corrected chi connectivity index (χ0v) is 9.48. The molecule has 2 heterocycles. The van der Waals surface area contributed by atoms with Gasteiger partial charge in [0.25, 0.3) is 0 Å². The molecule has 0 N–H and O–H groups in total. The van der Waals surface area contributed by atoms with Crippen molar-refractivity contribution < 1.29 is 4.42 Å². The maximum absolute atomic E-state index is 6.02. The average molecular weight is 243 g/mol. The van der Waals surface area contributed by atoms with Crippen LogP contribution in [-0.4, -0.2) is 9.38 Å². The molecule has 0 amide bonds. The van der Waals surface area contributed by atoms with Gasteiger partial charge in [-0.25, -0.2) is 0 Å². The van der Waals surface area contributed by atoms with Gasteiger partial charge in [0, 0.05) is 5.02 Å². The van der Waals surface area contributed by atoms with Gasteiger partial charge < -0.3 is 4.42 Å². The zero-order chi connectivity index (χ0) is 11.4. The smallest absolute Gasteiger partial charge is 0.307 e. The van der Waals surface area contributed by atoms with E-state index in [0.29, 0.717) is 10.9 Å². The lowest BCUT2D eigenvalue weighted by Crippen LogP contribution is -1.79. The minimum Gasteiger partial charge on any atom is -0.423 e. The predicted octanol–water partition coefficient (Wildman–Crippen LogP) is 3.89. The van der Waals surface area contributed by atoms with Gasteiger partial charge in [0.2, 0.25) is 0 Å². The molecule has 2 aromatic carbocycles. The summed E-state index contributed by atoms with van der Waals surface area (Å²) >= 11 is 6.02. The van der Waals surface area contributed by atoms with E-state index in [-0.39, 0.29) is 0 Å². The Balaban J connectivity index is 2.33. The lowest BCUT2D eigenvalue weighted by Gasteiger charge is -1.93. The van der Waals surface area contributed by atoms with Crippen LogP contribution in [0.4, 0.5) is 0 Å². The van der Waals surface area contributed by atoms with E-state index in [1.807, 2.05) is 46.9 Å². The van der Waals surface area contributed by atoms with E-state index in [9.17, 15) is 0 Å². The number of halogens is 1. The summed E-state index contributed by atoms with van der Waals surface area (Å²) in [5, 5.41) is 0.699. The molecule has 0 spiro atoms. The highest BCUT2D eigenvalue weighted by atomic mass is 35.5. The van der Waals surface area contributed by atoms with Gasteiger partial charge in [-0.3, -0.25) is 4.40 Å². The van der Waals surface area contributed by atoms with Crippen LogP contribution in [0.15, 0.2) is 46.9 Å². The Bertz CT molecular complexity index is 860. The van der Waals surface area contributed by atoms with Crippen LogP contribution in [0.3, 0.4) is 0 Å². The third-order valence-corrected chi connectivity index (χ3v) is 3.13. The highest BCUT2D eigenvalue weighted by molar-refractivity contribution is 6.31. The molecule has 0 aliphatic rings. The van der Waals surface area contributed by atoms with Crippen LogP contribution in [0.5, 0.6) is 0 Å². The van der Waals surface area contributed by atoms with Gasteiger partial charge in [0.15, 0.2) is 5.58 Å². The molecule has 0 saturated heterocycles. The Morgan fingerprint density at radius 1 is 1.06 bits per heavy atom. The number of hydrogen-bond donors (Lipinski definition) is 0. The van der Waals surface area contributed by atoms with Crippen molar-refractivity contribution >= 4 is 39.6 Å². The zero-order valence-electron chi connectivity index (χ0n) is 8.72. The van der Waals surface area contributed by atoms with E-state index in [1.165, 1.54) is 0 Å². The van der Waals surface area contributed by atoms with Gasteiger partial charge in [-0.1, -0.05) is 23.7 Å². The highest BCUT2D eigenvalue weighted by Crippen LogP contribution is 2.27. The van der Waals surface area contributed by atoms with E-state index in [4.69, 9.17) is 16.0 Å². The molecule has 2 aromatic heterocycles. The SMILES string of the molecule is Clc1ccc2nc3oc4ccccc4n3c2c1. The number of nitrogens with zero attached hydrogens (tertiary/aromatic N) is 2. The molecule has 0 aliphatic heterocycles. The summed E-state index contributed by atoms with van der Waals surface area (Å²) in [7, 11) is 0. The molecule has 0 saturated carbocycles. The first-order valence-corrected chi connectivity index (χ1v) is 5.66. The van der Waals surface area contributed by atoms with Gasteiger partial charge in [-0.2, -0.15) is 4.98 Å². The Hall–Kier alpha value is -2.00.